The van der Waals surface area contributed by atoms with Gasteiger partial charge in [0.05, 0.1) is 27.2 Å². The predicted octanol–water partition coefficient (Wildman–Crippen LogP) is 0.854. The molecule has 0 rings (SSSR count). The highest BCUT2D eigenvalue weighted by atomic mass is 16.3. The zero-order valence-corrected chi connectivity index (χ0v) is 7.59. The molecular weight excluding hydrogens is 126 g/mol. The molecule has 0 aromatic rings. The van der Waals surface area contributed by atoms with Crippen molar-refractivity contribution in [1.82, 2.24) is 0 Å². The third kappa shape index (κ3) is 3.18. The van der Waals surface area contributed by atoms with Gasteiger partial charge in [-0.1, -0.05) is 6.92 Å². The number of aliphatic hydroxyl groups is 1. The van der Waals surface area contributed by atoms with Crippen LogP contribution in [0.4, 0.5) is 0 Å². The van der Waals surface area contributed by atoms with Crippen molar-refractivity contribution in [3.05, 3.63) is 0 Å². The first-order valence-electron chi connectivity index (χ1n) is 3.94. The Kier molecular flexibility index (Phi) is 3.91. The van der Waals surface area contributed by atoms with Gasteiger partial charge in [-0.3, -0.25) is 0 Å². The first-order valence-corrected chi connectivity index (χ1v) is 3.94. The van der Waals surface area contributed by atoms with Crippen molar-refractivity contribution in [1.29, 1.82) is 0 Å². The van der Waals surface area contributed by atoms with Crippen LogP contribution >= 0.6 is 0 Å². The maximum atomic E-state index is 8.72. The van der Waals surface area contributed by atoms with Crippen LogP contribution in [0, 0.1) is 0 Å². The van der Waals surface area contributed by atoms with Gasteiger partial charge in [0.15, 0.2) is 0 Å². The van der Waals surface area contributed by atoms with E-state index < -0.39 is 0 Å². The number of hydrogen-bond acceptors (Lipinski definition) is 1. The van der Waals surface area contributed by atoms with Gasteiger partial charge < -0.3 is 9.59 Å². The van der Waals surface area contributed by atoms with Gasteiger partial charge in [0.1, 0.15) is 0 Å². The number of rotatable bonds is 4. The Hall–Kier alpha value is -0.0800. The summed E-state index contributed by atoms with van der Waals surface area (Å²) in [4.78, 5) is 0. The predicted molar refractivity (Wildman–Crippen MR) is 43.8 cm³/mol. The Bertz CT molecular complexity index is 85.7. The molecule has 1 atom stereocenters. The molecule has 0 radical (unpaired) electrons. The number of quaternary nitrogens is 1. The lowest BCUT2D eigenvalue weighted by Crippen LogP contribution is -2.45. The largest absolute Gasteiger partial charge is 0.396 e. The molecule has 0 aliphatic heterocycles. The maximum Gasteiger partial charge on any atom is 0.0903 e. The summed E-state index contributed by atoms with van der Waals surface area (Å²) in [5.41, 5.74) is 0. The highest BCUT2D eigenvalue weighted by Gasteiger charge is 2.20. The van der Waals surface area contributed by atoms with Gasteiger partial charge in [0, 0.05) is 13.0 Å². The van der Waals surface area contributed by atoms with Crippen molar-refractivity contribution in [3.63, 3.8) is 0 Å². The molecule has 1 unspecified atom stereocenters. The molecule has 0 amide bonds. The summed E-state index contributed by atoms with van der Waals surface area (Å²) < 4.78 is 0.955. The van der Waals surface area contributed by atoms with Gasteiger partial charge in [-0.2, -0.15) is 0 Å². The molecule has 2 nitrogen and oxygen atoms in total. The zero-order chi connectivity index (χ0) is 8.20. The van der Waals surface area contributed by atoms with Gasteiger partial charge in [0.2, 0.25) is 0 Å². The van der Waals surface area contributed by atoms with Gasteiger partial charge in [-0.05, 0) is 6.42 Å². The zero-order valence-electron chi connectivity index (χ0n) is 7.59. The summed E-state index contributed by atoms with van der Waals surface area (Å²) in [5, 5.41) is 8.72. The summed E-state index contributed by atoms with van der Waals surface area (Å²) in [6.45, 7) is 2.48. The Labute approximate surface area is 64.1 Å². The Balaban J connectivity index is 3.81. The highest BCUT2D eigenvalue weighted by Crippen LogP contribution is 2.10. The molecule has 0 saturated heterocycles. The lowest BCUT2D eigenvalue weighted by atomic mass is 10.1. The van der Waals surface area contributed by atoms with Crippen LogP contribution in [0.25, 0.3) is 0 Å². The fourth-order valence-corrected chi connectivity index (χ4v) is 1.29. The van der Waals surface area contributed by atoms with Crippen molar-refractivity contribution >= 4 is 0 Å². The SMILES string of the molecule is CCC(CCO)[N+](C)(C)C. The van der Waals surface area contributed by atoms with Crippen molar-refractivity contribution in [2.45, 2.75) is 25.8 Å². The molecule has 0 aromatic carbocycles. The minimum Gasteiger partial charge on any atom is -0.396 e. The fourth-order valence-electron chi connectivity index (χ4n) is 1.29. The smallest absolute Gasteiger partial charge is 0.0903 e. The van der Waals surface area contributed by atoms with E-state index in [0.29, 0.717) is 12.6 Å². The van der Waals surface area contributed by atoms with Gasteiger partial charge in [-0.15, -0.1) is 0 Å². The van der Waals surface area contributed by atoms with Crippen molar-refractivity contribution in [2.75, 3.05) is 27.7 Å². The molecule has 0 heterocycles. The number of hydrogen-bond donors (Lipinski definition) is 1. The van der Waals surface area contributed by atoms with Crippen molar-refractivity contribution in [2.24, 2.45) is 0 Å². The Morgan fingerprint density at radius 1 is 1.30 bits per heavy atom. The van der Waals surface area contributed by atoms with E-state index in [4.69, 9.17) is 5.11 Å². The van der Waals surface area contributed by atoms with Crippen molar-refractivity contribution < 1.29 is 9.59 Å². The summed E-state index contributed by atoms with van der Waals surface area (Å²) >= 11 is 0. The topological polar surface area (TPSA) is 20.2 Å². The van der Waals surface area contributed by atoms with Gasteiger partial charge in [0.25, 0.3) is 0 Å². The second-order valence-corrected chi connectivity index (χ2v) is 3.69. The number of aliphatic hydroxyl groups excluding tert-OH is 1. The molecule has 1 N–H and O–H groups in total. The van der Waals surface area contributed by atoms with E-state index in [9.17, 15) is 0 Å². The van der Waals surface area contributed by atoms with E-state index in [1.165, 1.54) is 0 Å². The average molecular weight is 146 g/mol. The summed E-state index contributed by atoms with van der Waals surface area (Å²) in [6, 6.07) is 0.602. The molecule has 0 saturated carbocycles. The first-order chi connectivity index (χ1) is 4.52. The molecule has 0 bridgehead atoms. The van der Waals surface area contributed by atoms with Crippen LogP contribution in [-0.4, -0.2) is 43.4 Å². The second-order valence-electron chi connectivity index (χ2n) is 3.69. The molecular formula is C8H20NO+. The van der Waals surface area contributed by atoms with Crippen LogP contribution in [0.1, 0.15) is 19.8 Å². The maximum absolute atomic E-state index is 8.72. The lowest BCUT2D eigenvalue weighted by molar-refractivity contribution is -0.896. The van der Waals surface area contributed by atoms with Gasteiger partial charge >= 0.3 is 0 Å². The van der Waals surface area contributed by atoms with Crippen LogP contribution < -0.4 is 0 Å². The van der Waals surface area contributed by atoms with E-state index in [1.807, 2.05) is 0 Å². The van der Waals surface area contributed by atoms with Crippen LogP contribution in [0.5, 0.6) is 0 Å². The van der Waals surface area contributed by atoms with Gasteiger partial charge in [-0.25, -0.2) is 0 Å². The molecule has 0 fully saturated rings. The monoisotopic (exact) mass is 146 g/mol. The summed E-state index contributed by atoms with van der Waals surface area (Å²) in [6.07, 6.45) is 2.06. The standard InChI is InChI=1S/C8H20NO/c1-5-8(6-7-10)9(2,3)4/h8,10H,5-7H2,1-4H3/q+1. The normalized spacial score (nSPS) is 15.3. The molecule has 62 valence electrons. The molecule has 2 heteroatoms. The molecule has 0 aliphatic rings. The van der Waals surface area contributed by atoms with Crippen LogP contribution in [-0.2, 0) is 0 Å². The fraction of sp³-hybridized carbons (Fsp3) is 1.00. The van der Waals surface area contributed by atoms with E-state index in [0.717, 1.165) is 17.3 Å². The number of nitrogens with zero attached hydrogens (tertiary/aromatic N) is 1. The van der Waals surface area contributed by atoms with Crippen LogP contribution in [0.2, 0.25) is 0 Å². The van der Waals surface area contributed by atoms with Crippen LogP contribution in [0.3, 0.4) is 0 Å². The third-order valence-corrected chi connectivity index (χ3v) is 2.03. The van der Waals surface area contributed by atoms with E-state index in [1.54, 1.807) is 0 Å². The molecule has 10 heavy (non-hydrogen) atoms. The molecule has 0 aliphatic carbocycles. The minimum absolute atomic E-state index is 0.314. The Morgan fingerprint density at radius 2 is 1.80 bits per heavy atom. The molecule has 0 spiro atoms. The quantitative estimate of drug-likeness (QED) is 0.583. The summed E-state index contributed by atoms with van der Waals surface area (Å²) in [5.74, 6) is 0. The van der Waals surface area contributed by atoms with E-state index in [-0.39, 0.29) is 0 Å². The van der Waals surface area contributed by atoms with Crippen LogP contribution in [0.15, 0.2) is 0 Å². The average Bonchev–Trinajstić information content (AvgIpc) is 1.80. The van der Waals surface area contributed by atoms with E-state index in [2.05, 4.69) is 28.1 Å². The highest BCUT2D eigenvalue weighted by molar-refractivity contribution is 4.52. The van der Waals surface area contributed by atoms with E-state index >= 15 is 0 Å². The second kappa shape index (κ2) is 3.94. The minimum atomic E-state index is 0.314. The van der Waals surface area contributed by atoms with Crippen molar-refractivity contribution in [3.8, 4) is 0 Å². The lowest BCUT2D eigenvalue weighted by Gasteiger charge is -2.33. The molecule has 0 aromatic heterocycles. The summed E-state index contributed by atoms with van der Waals surface area (Å²) in [7, 11) is 6.51. The Morgan fingerprint density at radius 3 is 1.90 bits per heavy atom. The third-order valence-electron chi connectivity index (χ3n) is 2.03. The first kappa shape index (κ1) is 9.92.